The lowest BCUT2D eigenvalue weighted by Gasteiger charge is -2.25. The van der Waals surface area contributed by atoms with E-state index < -0.39 is 0 Å². The standard InChI is InChI=1S/C15H22N2O2/c1-2-19-14-8-6-13(7-9-14)17-15(18)11-4-3-5-12(16)10-11/h6-9,11-12H,2-5,10,16H2,1H3,(H,17,18). The number of amides is 1. The molecule has 1 amide bonds. The molecule has 0 aromatic heterocycles. The fourth-order valence-corrected chi connectivity index (χ4v) is 2.51. The third-order valence-corrected chi connectivity index (χ3v) is 3.52. The zero-order valence-corrected chi connectivity index (χ0v) is 11.4. The maximum Gasteiger partial charge on any atom is 0.227 e. The highest BCUT2D eigenvalue weighted by atomic mass is 16.5. The smallest absolute Gasteiger partial charge is 0.227 e. The highest BCUT2D eigenvalue weighted by molar-refractivity contribution is 5.92. The van der Waals surface area contributed by atoms with E-state index in [1.54, 1.807) is 0 Å². The minimum absolute atomic E-state index is 0.0512. The summed E-state index contributed by atoms with van der Waals surface area (Å²) >= 11 is 0. The molecule has 0 aliphatic heterocycles. The van der Waals surface area contributed by atoms with Crippen LogP contribution in [0.1, 0.15) is 32.6 Å². The first kappa shape index (κ1) is 13.9. The first-order valence-electron chi connectivity index (χ1n) is 6.98. The van der Waals surface area contributed by atoms with Crippen LogP contribution in [-0.4, -0.2) is 18.6 Å². The molecule has 2 unspecified atom stereocenters. The molecule has 1 saturated carbocycles. The number of hydrogen-bond donors (Lipinski definition) is 2. The van der Waals surface area contributed by atoms with E-state index in [1.807, 2.05) is 31.2 Å². The number of carbonyl (C=O) groups is 1. The molecule has 0 bridgehead atoms. The van der Waals surface area contributed by atoms with Gasteiger partial charge in [-0.2, -0.15) is 0 Å². The third-order valence-electron chi connectivity index (χ3n) is 3.52. The van der Waals surface area contributed by atoms with Crippen molar-refractivity contribution in [3.63, 3.8) is 0 Å². The number of nitrogens with one attached hydrogen (secondary N) is 1. The molecule has 0 heterocycles. The van der Waals surface area contributed by atoms with Crippen LogP contribution >= 0.6 is 0 Å². The van der Waals surface area contributed by atoms with Gasteiger partial charge in [-0.15, -0.1) is 0 Å². The predicted molar refractivity (Wildman–Crippen MR) is 76.2 cm³/mol. The Bertz CT molecular complexity index is 417. The summed E-state index contributed by atoms with van der Waals surface area (Å²) < 4.78 is 5.37. The van der Waals surface area contributed by atoms with E-state index in [4.69, 9.17) is 10.5 Å². The summed E-state index contributed by atoms with van der Waals surface area (Å²) in [7, 11) is 0. The van der Waals surface area contributed by atoms with E-state index >= 15 is 0 Å². The monoisotopic (exact) mass is 262 g/mol. The van der Waals surface area contributed by atoms with Crippen LogP contribution in [0.4, 0.5) is 5.69 Å². The second-order valence-electron chi connectivity index (χ2n) is 5.07. The van der Waals surface area contributed by atoms with Crippen molar-refractivity contribution in [3.05, 3.63) is 24.3 Å². The molecular weight excluding hydrogens is 240 g/mol. The molecule has 1 aliphatic carbocycles. The van der Waals surface area contributed by atoms with Gasteiger partial charge in [0.1, 0.15) is 5.75 Å². The van der Waals surface area contributed by atoms with Crippen LogP contribution in [0, 0.1) is 5.92 Å². The second-order valence-corrected chi connectivity index (χ2v) is 5.07. The molecule has 1 aliphatic rings. The minimum Gasteiger partial charge on any atom is -0.494 e. The van der Waals surface area contributed by atoms with Crippen LogP contribution in [-0.2, 0) is 4.79 Å². The van der Waals surface area contributed by atoms with E-state index in [1.165, 1.54) is 0 Å². The molecular formula is C15H22N2O2. The number of nitrogens with two attached hydrogens (primary N) is 1. The molecule has 1 aromatic carbocycles. The lowest BCUT2D eigenvalue weighted by atomic mass is 9.85. The molecule has 19 heavy (non-hydrogen) atoms. The summed E-state index contributed by atoms with van der Waals surface area (Å²) in [6.45, 7) is 2.59. The molecule has 0 saturated heterocycles. The van der Waals surface area contributed by atoms with Gasteiger partial charge in [-0.05, 0) is 50.5 Å². The van der Waals surface area contributed by atoms with Crippen molar-refractivity contribution in [2.75, 3.05) is 11.9 Å². The molecule has 1 aromatic rings. The van der Waals surface area contributed by atoms with Gasteiger partial charge in [0.25, 0.3) is 0 Å². The number of benzene rings is 1. The summed E-state index contributed by atoms with van der Waals surface area (Å²) in [5.41, 5.74) is 6.73. The van der Waals surface area contributed by atoms with E-state index in [-0.39, 0.29) is 17.9 Å². The van der Waals surface area contributed by atoms with Crippen molar-refractivity contribution in [1.82, 2.24) is 0 Å². The van der Waals surface area contributed by atoms with Crippen LogP contribution in [0.15, 0.2) is 24.3 Å². The van der Waals surface area contributed by atoms with Gasteiger partial charge in [-0.3, -0.25) is 4.79 Å². The van der Waals surface area contributed by atoms with E-state index in [0.29, 0.717) is 6.61 Å². The van der Waals surface area contributed by atoms with Crippen LogP contribution in [0.2, 0.25) is 0 Å². The number of carbonyl (C=O) groups excluding carboxylic acids is 1. The average Bonchev–Trinajstić information content (AvgIpc) is 2.41. The summed E-state index contributed by atoms with van der Waals surface area (Å²) in [6.07, 6.45) is 3.81. The van der Waals surface area contributed by atoms with E-state index in [9.17, 15) is 4.79 Å². The highest BCUT2D eigenvalue weighted by Crippen LogP contribution is 2.25. The summed E-state index contributed by atoms with van der Waals surface area (Å²) in [6, 6.07) is 7.64. The van der Waals surface area contributed by atoms with Gasteiger partial charge < -0.3 is 15.8 Å². The van der Waals surface area contributed by atoms with Gasteiger partial charge in [-0.1, -0.05) is 6.42 Å². The van der Waals surface area contributed by atoms with Crippen LogP contribution in [0.3, 0.4) is 0 Å². The lowest BCUT2D eigenvalue weighted by Crippen LogP contribution is -2.34. The van der Waals surface area contributed by atoms with Crippen molar-refractivity contribution in [2.45, 2.75) is 38.6 Å². The maximum absolute atomic E-state index is 12.1. The molecule has 0 spiro atoms. The Kier molecular flexibility index (Phi) is 4.80. The van der Waals surface area contributed by atoms with Gasteiger partial charge in [0, 0.05) is 17.6 Å². The maximum atomic E-state index is 12.1. The highest BCUT2D eigenvalue weighted by Gasteiger charge is 2.25. The van der Waals surface area contributed by atoms with Crippen LogP contribution in [0.5, 0.6) is 5.75 Å². The molecule has 104 valence electrons. The van der Waals surface area contributed by atoms with Gasteiger partial charge in [0.05, 0.1) is 6.61 Å². The second kappa shape index (κ2) is 6.57. The van der Waals surface area contributed by atoms with E-state index in [0.717, 1.165) is 37.1 Å². The largest absolute Gasteiger partial charge is 0.494 e. The average molecular weight is 262 g/mol. The van der Waals surface area contributed by atoms with E-state index in [2.05, 4.69) is 5.32 Å². The Morgan fingerprint density at radius 1 is 1.37 bits per heavy atom. The summed E-state index contributed by atoms with van der Waals surface area (Å²) in [5, 5.41) is 2.95. The number of anilines is 1. The van der Waals surface area contributed by atoms with Crippen molar-refractivity contribution < 1.29 is 9.53 Å². The predicted octanol–water partition coefficient (Wildman–Crippen LogP) is 2.54. The van der Waals surface area contributed by atoms with Crippen molar-refractivity contribution in [2.24, 2.45) is 11.7 Å². The number of ether oxygens (including phenoxy) is 1. The fraction of sp³-hybridized carbons (Fsp3) is 0.533. The Hall–Kier alpha value is -1.55. The Balaban J connectivity index is 1.90. The number of rotatable bonds is 4. The number of hydrogen-bond acceptors (Lipinski definition) is 3. The molecule has 0 radical (unpaired) electrons. The third kappa shape index (κ3) is 3.96. The van der Waals surface area contributed by atoms with Gasteiger partial charge in [0.2, 0.25) is 5.91 Å². The zero-order chi connectivity index (χ0) is 13.7. The SMILES string of the molecule is CCOc1ccc(NC(=O)C2CCCC(N)C2)cc1. The van der Waals surface area contributed by atoms with Crippen molar-refractivity contribution in [3.8, 4) is 5.75 Å². The molecule has 1 fully saturated rings. The Labute approximate surface area is 114 Å². The molecule has 2 rings (SSSR count). The Morgan fingerprint density at radius 3 is 2.74 bits per heavy atom. The topological polar surface area (TPSA) is 64.3 Å². The quantitative estimate of drug-likeness (QED) is 0.876. The van der Waals surface area contributed by atoms with Crippen LogP contribution < -0.4 is 15.8 Å². The van der Waals surface area contributed by atoms with Crippen LogP contribution in [0.25, 0.3) is 0 Å². The molecule has 2 atom stereocenters. The lowest BCUT2D eigenvalue weighted by molar-refractivity contribution is -0.120. The van der Waals surface area contributed by atoms with Gasteiger partial charge in [0.15, 0.2) is 0 Å². The molecule has 4 heteroatoms. The molecule has 4 nitrogen and oxygen atoms in total. The first-order valence-corrected chi connectivity index (χ1v) is 6.98. The normalized spacial score (nSPS) is 22.8. The zero-order valence-electron chi connectivity index (χ0n) is 11.4. The first-order chi connectivity index (χ1) is 9.19. The van der Waals surface area contributed by atoms with Crippen molar-refractivity contribution in [1.29, 1.82) is 0 Å². The van der Waals surface area contributed by atoms with Gasteiger partial charge in [-0.25, -0.2) is 0 Å². The minimum atomic E-state index is 0.0512. The summed E-state index contributed by atoms with van der Waals surface area (Å²) in [4.78, 5) is 12.1. The van der Waals surface area contributed by atoms with Gasteiger partial charge >= 0.3 is 0 Å². The summed E-state index contributed by atoms with van der Waals surface area (Å²) in [5.74, 6) is 0.954. The van der Waals surface area contributed by atoms with Crippen molar-refractivity contribution >= 4 is 11.6 Å². The molecule has 3 N–H and O–H groups in total. The Morgan fingerprint density at radius 2 is 2.11 bits per heavy atom. The fourth-order valence-electron chi connectivity index (χ4n) is 2.51.